The van der Waals surface area contributed by atoms with Gasteiger partial charge in [0.2, 0.25) is 11.8 Å². The second kappa shape index (κ2) is 8.47. The lowest BCUT2D eigenvalue weighted by Gasteiger charge is -2.47. The number of hydrogen-bond donors (Lipinski definition) is 2. The molecule has 2 N–H and O–H groups in total. The Morgan fingerprint density at radius 1 is 1.21 bits per heavy atom. The van der Waals surface area contributed by atoms with Crippen molar-refractivity contribution in [2.24, 2.45) is 17.8 Å². The van der Waals surface area contributed by atoms with Gasteiger partial charge >= 0.3 is 0 Å². The Morgan fingerprint density at radius 3 is 2.62 bits per heavy atom. The third-order valence-corrected chi connectivity index (χ3v) is 7.76. The third kappa shape index (κ3) is 3.81. The van der Waals surface area contributed by atoms with E-state index in [2.05, 4.69) is 36.6 Å². The van der Waals surface area contributed by atoms with Crippen LogP contribution in [0.15, 0.2) is 30.3 Å². The van der Waals surface area contributed by atoms with Crippen LogP contribution in [0.1, 0.15) is 57.9 Å². The minimum absolute atomic E-state index is 0.122. The van der Waals surface area contributed by atoms with Crippen LogP contribution >= 0.6 is 0 Å². The fourth-order valence-corrected chi connectivity index (χ4v) is 5.95. The summed E-state index contributed by atoms with van der Waals surface area (Å²) < 4.78 is 5.57. The third-order valence-electron chi connectivity index (χ3n) is 7.76. The van der Waals surface area contributed by atoms with Crippen molar-refractivity contribution < 1.29 is 14.3 Å². The van der Waals surface area contributed by atoms with Crippen LogP contribution in [0.2, 0.25) is 0 Å². The maximum Gasteiger partial charge on any atom is 0.231 e. The van der Waals surface area contributed by atoms with E-state index in [1.807, 2.05) is 18.2 Å². The Hall–Kier alpha value is -1.88. The predicted octanol–water partition coefficient (Wildman–Crippen LogP) is 3.18. The highest BCUT2D eigenvalue weighted by molar-refractivity contribution is 5.88. The summed E-state index contributed by atoms with van der Waals surface area (Å²) in [6.45, 7) is 5.56. The number of carbonyl (C=O) groups is 2. The van der Waals surface area contributed by atoms with Crippen molar-refractivity contribution in [2.45, 2.75) is 69.9 Å². The molecular weight excluding hydrogens is 364 g/mol. The van der Waals surface area contributed by atoms with E-state index in [0.29, 0.717) is 37.9 Å². The molecule has 1 aromatic rings. The van der Waals surface area contributed by atoms with Gasteiger partial charge in [-0.05, 0) is 55.9 Å². The standard InChI is InChI=1S/C24H34N2O3/c1-3-19-16(2)20-10-9-18(15-21(20)26-22(19)27)25-23(28)24(11-13-29-14-12-24)17-7-5-4-6-8-17/h4-8,16,18-21H,3,9-15H2,1-2H3,(H,25,28)(H,26,27). The van der Waals surface area contributed by atoms with Gasteiger partial charge in [-0.2, -0.15) is 0 Å². The average molecular weight is 399 g/mol. The molecule has 0 spiro atoms. The Bertz CT molecular complexity index is 729. The van der Waals surface area contributed by atoms with Crippen LogP contribution in [0.25, 0.3) is 0 Å². The Morgan fingerprint density at radius 2 is 1.93 bits per heavy atom. The second-order valence-corrected chi connectivity index (χ2v) is 9.20. The number of benzene rings is 1. The zero-order valence-corrected chi connectivity index (χ0v) is 17.7. The molecule has 158 valence electrons. The molecule has 2 saturated heterocycles. The molecule has 0 aromatic heterocycles. The van der Waals surface area contributed by atoms with Gasteiger partial charge in [0.15, 0.2) is 0 Å². The SMILES string of the molecule is CCC1C(=O)NC2CC(NC(=O)C3(c4ccccc4)CCOCC3)CCC2C1C. The average Bonchev–Trinajstić information content (AvgIpc) is 2.75. The van der Waals surface area contributed by atoms with Crippen LogP contribution in [0.5, 0.6) is 0 Å². The van der Waals surface area contributed by atoms with E-state index < -0.39 is 5.41 Å². The van der Waals surface area contributed by atoms with E-state index in [-0.39, 0.29) is 29.8 Å². The zero-order chi connectivity index (χ0) is 20.4. The first-order valence-electron chi connectivity index (χ1n) is 11.3. The van der Waals surface area contributed by atoms with E-state index in [1.165, 1.54) is 0 Å². The van der Waals surface area contributed by atoms with Gasteiger partial charge in [0, 0.05) is 31.2 Å². The second-order valence-electron chi connectivity index (χ2n) is 9.20. The number of rotatable bonds is 4. The number of fused-ring (bicyclic) bond motifs is 1. The largest absolute Gasteiger partial charge is 0.381 e. The minimum Gasteiger partial charge on any atom is -0.381 e. The van der Waals surface area contributed by atoms with Crippen molar-refractivity contribution in [3.8, 4) is 0 Å². The molecule has 2 aliphatic heterocycles. The summed E-state index contributed by atoms with van der Waals surface area (Å²) in [5.41, 5.74) is 0.576. The van der Waals surface area contributed by atoms with Gasteiger partial charge in [-0.15, -0.1) is 0 Å². The van der Waals surface area contributed by atoms with Crippen LogP contribution in [0.4, 0.5) is 0 Å². The Kier molecular flexibility index (Phi) is 5.95. The zero-order valence-electron chi connectivity index (χ0n) is 17.7. The summed E-state index contributed by atoms with van der Waals surface area (Å²) in [4.78, 5) is 26.0. The first kappa shape index (κ1) is 20.4. The highest BCUT2D eigenvalue weighted by Crippen LogP contribution is 2.40. The highest BCUT2D eigenvalue weighted by Gasteiger charge is 2.46. The molecule has 2 amide bonds. The number of ether oxygens (including phenoxy) is 1. The van der Waals surface area contributed by atoms with Crippen molar-refractivity contribution in [3.05, 3.63) is 35.9 Å². The summed E-state index contributed by atoms with van der Waals surface area (Å²) in [5.74, 6) is 1.39. The van der Waals surface area contributed by atoms with Crippen molar-refractivity contribution >= 4 is 11.8 Å². The van der Waals surface area contributed by atoms with E-state index >= 15 is 0 Å². The van der Waals surface area contributed by atoms with Crippen LogP contribution < -0.4 is 10.6 Å². The highest BCUT2D eigenvalue weighted by atomic mass is 16.5. The van der Waals surface area contributed by atoms with E-state index in [9.17, 15) is 9.59 Å². The van der Waals surface area contributed by atoms with E-state index in [4.69, 9.17) is 4.74 Å². The monoisotopic (exact) mass is 398 g/mol. The first-order chi connectivity index (χ1) is 14.0. The lowest BCUT2D eigenvalue weighted by atomic mass is 9.67. The van der Waals surface area contributed by atoms with Gasteiger partial charge in [-0.1, -0.05) is 44.2 Å². The van der Waals surface area contributed by atoms with Gasteiger partial charge in [-0.3, -0.25) is 9.59 Å². The fraction of sp³-hybridized carbons (Fsp3) is 0.667. The summed E-state index contributed by atoms with van der Waals surface area (Å²) in [6.07, 6.45) is 5.23. The van der Waals surface area contributed by atoms with Crippen LogP contribution in [-0.2, 0) is 19.7 Å². The molecule has 5 unspecified atom stereocenters. The molecule has 5 nitrogen and oxygen atoms in total. The summed E-state index contributed by atoms with van der Waals surface area (Å²) >= 11 is 0. The van der Waals surface area contributed by atoms with Crippen molar-refractivity contribution in [1.29, 1.82) is 0 Å². The Balaban J connectivity index is 1.46. The lowest BCUT2D eigenvalue weighted by Crippen LogP contribution is -2.59. The fourth-order valence-electron chi connectivity index (χ4n) is 5.95. The van der Waals surface area contributed by atoms with Crippen molar-refractivity contribution in [2.75, 3.05) is 13.2 Å². The van der Waals surface area contributed by atoms with Gasteiger partial charge in [-0.25, -0.2) is 0 Å². The topological polar surface area (TPSA) is 67.4 Å². The van der Waals surface area contributed by atoms with Gasteiger partial charge in [0.1, 0.15) is 0 Å². The molecule has 2 heterocycles. The number of carbonyl (C=O) groups excluding carboxylic acids is 2. The number of nitrogens with one attached hydrogen (secondary N) is 2. The van der Waals surface area contributed by atoms with E-state index in [0.717, 1.165) is 31.2 Å². The summed E-state index contributed by atoms with van der Waals surface area (Å²) in [5, 5.41) is 6.63. The van der Waals surface area contributed by atoms with Crippen molar-refractivity contribution in [1.82, 2.24) is 10.6 Å². The Labute approximate surface area is 174 Å². The van der Waals surface area contributed by atoms with Gasteiger partial charge in [0.05, 0.1) is 5.41 Å². The van der Waals surface area contributed by atoms with Crippen LogP contribution in [-0.4, -0.2) is 37.1 Å². The number of hydrogen-bond acceptors (Lipinski definition) is 3. The predicted molar refractivity (Wildman–Crippen MR) is 112 cm³/mol. The maximum absolute atomic E-state index is 13.5. The minimum atomic E-state index is -0.507. The van der Waals surface area contributed by atoms with Crippen LogP contribution in [0.3, 0.4) is 0 Å². The molecule has 1 aromatic carbocycles. The molecule has 29 heavy (non-hydrogen) atoms. The molecule has 5 heteroatoms. The van der Waals surface area contributed by atoms with Gasteiger partial charge in [0.25, 0.3) is 0 Å². The molecule has 1 aliphatic carbocycles. The molecule has 1 saturated carbocycles. The molecule has 4 rings (SSSR count). The number of piperidine rings is 1. The molecule has 0 bridgehead atoms. The quantitative estimate of drug-likeness (QED) is 0.819. The maximum atomic E-state index is 13.5. The van der Waals surface area contributed by atoms with Crippen molar-refractivity contribution in [3.63, 3.8) is 0 Å². The molecule has 3 aliphatic rings. The normalized spacial score (nSPS) is 34.0. The molecular formula is C24H34N2O3. The summed E-state index contributed by atoms with van der Waals surface area (Å²) in [7, 11) is 0. The molecule has 0 radical (unpaired) electrons. The molecule has 5 atom stereocenters. The summed E-state index contributed by atoms with van der Waals surface area (Å²) in [6, 6.07) is 10.4. The van der Waals surface area contributed by atoms with E-state index in [1.54, 1.807) is 0 Å². The van der Waals surface area contributed by atoms with Crippen LogP contribution in [0, 0.1) is 17.8 Å². The lowest BCUT2D eigenvalue weighted by molar-refractivity contribution is -0.134. The van der Waals surface area contributed by atoms with Gasteiger partial charge < -0.3 is 15.4 Å². The molecule has 3 fully saturated rings. The number of amides is 2. The smallest absolute Gasteiger partial charge is 0.231 e. The first-order valence-corrected chi connectivity index (χ1v) is 11.3.